The first-order valence-corrected chi connectivity index (χ1v) is 5.51. The van der Waals surface area contributed by atoms with Gasteiger partial charge in [0.1, 0.15) is 5.82 Å². The Morgan fingerprint density at radius 2 is 1.72 bits per heavy atom. The Morgan fingerprint density at radius 1 is 1.17 bits per heavy atom. The van der Waals surface area contributed by atoms with E-state index in [1.165, 1.54) is 12.1 Å². The summed E-state index contributed by atoms with van der Waals surface area (Å²) in [6.07, 6.45) is -4.11. The van der Waals surface area contributed by atoms with E-state index in [0.717, 1.165) is 12.1 Å². The van der Waals surface area contributed by atoms with Crippen molar-refractivity contribution in [2.75, 3.05) is 13.2 Å². The smallest absolute Gasteiger partial charge is 0.394 e. The molecule has 2 nitrogen and oxygen atoms in total. The highest BCUT2D eigenvalue weighted by Crippen LogP contribution is 2.26. The molecule has 1 atom stereocenters. The first-order chi connectivity index (χ1) is 8.33. The van der Waals surface area contributed by atoms with Gasteiger partial charge >= 0.3 is 6.18 Å². The average molecular weight is 265 g/mol. The number of hydrogen-bond donors (Lipinski definition) is 2. The minimum absolute atomic E-state index is 0.255. The van der Waals surface area contributed by atoms with Crippen LogP contribution in [0.2, 0.25) is 0 Å². The molecule has 0 amide bonds. The van der Waals surface area contributed by atoms with Crippen LogP contribution < -0.4 is 5.32 Å². The number of hydrogen-bond acceptors (Lipinski definition) is 2. The Balaban J connectivity index is 2.95. The molecule has 0 aliphatic heterocycles. The SMILES string of the molecule is CCC(CO)(NCC(F)(F)F)c1ccc(F)cc1. The van der Waals surface area contributed by atoms with Gasteiger partial charge in [-0.15, -0.1) is 0 Å². The van der Waals surface area contributed by atoms with E-state index < -0.39 is 30.7 Å². The van der Waals surface area contributed by atoms with Gasteiger partial charge in [-0.3, -0.25) is 5.32 Å². The van der Waals surface area contributed by atoms with Crippen LogP contribution in [0.25, 0.3) is 0 Å². The van der Waals surface area contributed by atoms with Gasteiger partial charge in [0.15, 0.2) is 0 Å². The molecule has 0 bridgehead atoms. The van der Waals surface area contributed by atoms with Gasteiger partial charge in [0.2, 0.25) is 0 Å². The minimum Gasteiger partial charge on any atom is -0.394 e. The molecule has 0 aliphatic carbocycles. The van der Waals surface area contributed by atoms with Gasteiger partial charge in [0.05, 0.1) is 18.7 Å². The molecule has 0 saturated carbocycles. The number of rotatable bonds is 5. The summed E-state index contributed by atoms with van der Waals surface area (Å²) < 4.78 is 49.5. The Labute approximate surface area is 103 Å². The lowest BCUT2D eigenvalue weighted by molar-refractivity contribution is -0.130. The lowest BCUT2D eigenvalue weighted by Gasteiger charge is -2.33. The zero-order valence-electron chi connectivity index (χ0n) is 9.89. The maximum absolute atomic E-state index is 12.8. The number of nitrogens with one attached hydrogen (secondary N) is 1. The van der Waals surface area contributed by atoms with E-state index in [4.69, 9.17) is 0 Å². The molecule has 0 radical (unpaired) electrons. The van der Waals surface area contributed by atoms with Gasteiger partial charge < -0.3 is 5.11 Å². The van der Waals surface area contributed by atoms with Crippen LogP contribution in [-0.2, 0) is 5.54 Å². The number of aliphatic hydroxyl groups excluding tert-OH is 1. The van der Waals surface area contributed by atoms with E-state index in [1.54, 1.807) is 6.92 Å². The van der Waals surface area contributed by atoms with E-state index >= 15 is 0 Å². The summed E-state index contributed by atoms with van der Waals surface area (Å²) in [5, 5.41) is 11.7. The second-order valence-electron chi connectivity index (χ2n) is 4.07. The molecule has 0 fully saturated rings. The van der Waals surface area contributed by atoms with Gasteiger partial charge in [-0.1, -0.05) is 19.1 Å². The maximum Gasteiger partial charge on any atom is 0.401 e. The molecule has 0 heterocycles. The number of aliphatic hydroxyl groups is 1. The lowest BCUT2D eigenvalue weighted by atomic mass is 9.88. The first-order valence-electron chi connectivity index (χ1n) is 5.51. The number of halogens is 4. The Kier molecular flexibility index (Phi) is 4.70. The van der Waals surface area contributed by atoms with Crippen molar-refractivity contribution >= 4 is 0 Å². The van der Waals surface area contributed by atoms with Crippen molar-refractivity contribution in [2.45, 2.75) is 25.1 Å². The van der Waals surface area contributed by atoms with E-state index in [1.807, 2.05) is 0 Å². The Hall–Kier alpha value is -1.14. The summed E-state index contributed by atoms with van der Waals surface area (Å²) >= 11 is 0. The predicted octanol–water partition coefficient (Wildman–Crippen LogP) is 2.58. The van der Waals surface area contributed by atoms with Crippen molar-refractivity contribution in [3.05, 3.63) is 35.6 Å². The fraction of sp³-hybridized carbons (Fsp3) is 0.500. The van der Waals surface area contributed by atoms with Crippen LogP contribution in [0.5, 0.6) is 0 Å². The van der Waals surface area contributed by atoms with Crippen LogP contribution in [0.4, 0.5) is 17.6 Å². The van der Waals surface area contributed by atoms with E-state index in [0.29, 0.717) is 5.56 Å². The van der Waals surface area contributed by atoms with Crippen molar-refractivity contribution in [1.29, 1.82) is 0 Å². The fourth-order valence-electron chi connectivity index (χ4n) is 1.73. The highest BCUT2D eigenvalue weighted by molar-refractivity contribution is 5.25. The molecule has 1 aromatic rings. The van der Waals surface area contributed by atoms with Crippen LogP contribution >= 0.6 is 0 Å². The zero-order valence-corrected chi connectivity index (χ0v) is 9.89. The third-order valence-corrected chi connectivity index (χ3v) is 2.90. The summed E-state index contributed by atoms with van der Waals surface area (Å²) in [5.74, 6) is -0.475. The minimum atomic E-state index is -4.37. The highest BCUT2D eigenvalue weighted by atomic mass is 19.4. The zero-order chi connectivity index (χ0) is 13.8. The highest BCUT2D eigenvalue weighted by Gasteiger charge is 2.35. The van der Waals surface area contributed by atoms with E-state index in [2.05, 4.69) is 5.32 Å². The normalized spacial score (nSPS) is 15.4. The molecule has 18 heavy (non-hydrogen) atoms. The Morgan fingerprint density at radius 3 is 2.11 bits per heavy atom. The molecule has 1 aromatic carbocycles. The third-order valence-electron chi connectivity index (χ3n) is 2.90. The van der Waals surface area contributed by atoms with Crippen molar-refractivity contribution in [3.8, 4) is 0 Å². The largest absolute Gasteiger partial charge is 0.401 e. The summed E-state index contributed by atoms with van der Waals surface area (Å²) in [5.41, 5.74) is -0.776. The summed E-state index contributed by atoms with van der Waals surface area (Å²) in [4.78, 5) is 0. The molecule has 1 rings (SSSR count). The fourth-order valence-corrected chi connectivity index (χ4v) is 1.73. The molecule has 6 heteroatoms. The third kappa shape index (κ3) is 3.68. The molecule has 102 valence electrons. The summed E-state index contributed by atoms with van der Waals surface area (Å²) in [6.45, 7) is -0.0487. The molecule has 0 spiro atoms. The summed E-state index contributed by atoms with van der Waals surface area (Å²) in [6, 6.07) is 5.06. The van der Waals surface area contributed by atoms with Gasteiger partial charge in [-0.25, -0.2) is 4.39 Å². The van der Waals surface area contributed by atoms with Crippen LogP contribution in [0, 0.1) is 5.82 Å². The first kappa shape index (κ1) is 14.9. The van der Waals surface area contributed by atoms with Gasteiger partial charge in [-0.05, 0) is 24.1 Å². The lowest BCUT2D eigenvalue weighted by Crippen LogP contribution is -2.48. The molecular weight excluding hydrogens is 250 g/mol. The van der Waals surface area contributed by atoms with Crippen molar-refractivity contribution in [3.63, 3.8) is 0 Å². The van der Waals surface area contributed by atoms with Gasteiger partial charge in [0.25, 0.3) is 0 Å². The van der Waals surface area contributed by atoms with Gasteiger partial charge in [0, 0.05) is 0 Å². The Bertz CT molecular complexity index is 371. The van der Waals surface area contributed by atoms with Crippen molar-refractivity contribution in [2.24, 2.45) is 0 Å². The van der Waals surface area contributed by atoms with Crippen LogP contribution in [-0.4, -0.2) is 24.4 Å². The molecule has 0 saturated heterocycles. The van der Waals surface area contributed by atoms with Crippen molar-refractivity contribution in [1.82, 2.24) is 5.32 Å². The molecule has 2 N–H and O–H groups in total. The predicted molar refractivity (Wildman–Crippen MR) is 59.5 cm³/mol. The quantitative estimate of drug-likeness (QED) is 0.802. The standard InChI is InChI=1S/C12H15F4NO/c1-2-11(8-18,17-7-12(14,15)16)9-3-5-10(13)6-4-9/h3-6,17-18H,2,7-8H2,1H3. The second-order valence-corrected chi connectivity index (χ2v) is 4.07. The molecular formula is C12H15F4NO. The topological polar surface area (TPSA) is 32.3 Å². The van der Waals surface area contributed by atoms with Crippen LogP contribution in [0.1, 0.15) is 18.9 Å². The molecule has 1 unspecified atom stereocenters. The van der Waals surface area contributed by atoms with Crippen molar-refractivity contribution < 1.29 is 22.7 Å². The second kappa shape index (κ2) is 5.67. The number of benzene rings is 1. The molecule has 0 aromatic heterocycles. The maximum atomic E-state index is 12.8. The van der Waals surface area contributed by atoms with Crippen LogP contribution in [0.3, 0.4) is 0 Å². The van der Waals surface area contributed by atoms with E-state index in [9.17, 15) is 22.7 Å². The van der Waals surface area contributed by atoms with Gasteiger partial charge in [-0.2, -0.15) is 13.2 Å². The number of alkyl halides is 3. The average Bonchev–Trinajstić information content (AvgIpc) is 2.32. The molecule has 0 aliphatic rings. The van der Waals surface area contributed by atoms with E-state index in [-0.39, 0.29) is 6.42 Å². The summed E-state index contributed by atoms with van der Waals surface area (Å²) in [7, 11) is 0. The monoisotopic (exact) mass is 265 g/mol. The van der Waals surface area contributed by atoms with Crippen LogP contribution in [0.15, 0.2) is 24.3 Å².